The first kappa shape index (κ1) is 37.6. The van der Waals surface area contributed by atoms with Gasteiger partial charge in [-0.3, -0.25) is 9.69 Å². The number of hydrogen-bond acceptors (Lipinski definition) is 6. The van der Waals surface area contributed by atoms with Crippen LogP contribution < -0.4 is 14.2 Å². The monoisotopic (exact) mass is 732 g/mol. The van der Waals surface area contributed by atoms with E-state index in [0.29, 0.717) is 47.2 Å². The van der Waals surface area contributed by atoms with Crippen molar-refractivity contribution in [3.05, 3.63) is 111 Å². The van der Waals surface area contributed by atoms with Crippen LogP contribution >= 0.6 is 11.6 Å². The minimum absolute atomic E-state index is 0.104. The third-order valence-electron chi connectivity index (χ3n) is 10.2. The molecule has 0 aromatic heterocycles. The Labute approximate surface area is 310 Å². The highest BCUT2D eigenvalue weighted by molar-refractivity contribution is 6.32. The maximum atomic E-state index is 14.0. The molecule has 0 bridgehead atoms. The van der Waals surface area contributed by atoms with Gasteiger partial charge in [0, 0.05) is 30.8 Å². The van der Waals surface area contributed by atoms with E-state index in [1.165, 1.54) is 38.1 Å². The Morgan fingerprint density at radius 1 is 0.788 bits per heavy atom. The summed E-state index contributed by atoms with van der Waals surface area (Å²) in [4.78, 5) is 16.4. The van der Waals surface area contributed by atoms with Crippen molar-refractivity contribution >= 4 is 17.6 Å². The highest BCUT2D eigenvalue weighted by atomic mass is 35.5. The number of likely N-dealkylation sites (tertiary alicyclic amines) is 2. The zero-order chi connectivity index (χ0) is 36.6. The van der Waals surface area contributed by atoms with Gasteiger partial charge in [0.1, 0.15) is 48.1 Å². The van der Waals surface area contributed by atoms with Crippen molar-refractivity contribution < 1.29 is 32.9 Å². The van der Waals surface area contributed by atoms with E-state index in [1.807, 2.05) is 29.2 Å². The van der Waals surface area contributed by atoms with Crippen LogP contribution in [0.15, 0.2) is 66.7 Å². The van der Waals surface area contributed by atoms with Crippen molar-refractivity contribution in [3.63, 3.8) is 0 Å². The van der Waals surface area contributed by atoms with Gasteiger partial charge >= 0.3 is 5.97 Å². The number of hydrogen-bond donors (Lipinski definition) is 1. The van der Waals surface area contributed by atoms with Gasteiger partial charge in [0.05, 0.1) is 11.6 Å². The molecule has 0 spiro atoms. The van der Waals surface area contributed by atoms with Gasteiger partial charge in [0.25, 0.3) is 0 Å². The normalized spacial score (nSPS) is 16.6. The maximum Gasteiger partial charge on any atom is 0.320 e. The minimum Gasteiger partial charge on any atom is -0.493 e. The summed E-state index contributed by atoms with van der Waals surface area (Å²) in [7, 11) is 0. The molecule has 0 aliphatic carbocycles. The van der Waals surface area contributed by atoms with Crippen molar-refractivity contribution in [2.45, 2.75) is 78.2 Å². The fraction of sp³-hybridized carbons (Fsp3) is 0.405. The number of nitrogens with zero attached hydrogens (tertiary/aromatic N) is 2. The summed E-state index contributed by atoms with van der Waals surface area (Å²) >= 11 is 6.81. The van der Waals surface area contributed by atoms with Crippen LogP contribution in [0.3, 0.4) is 0 Å². The molecule has 0 saturated carbocycles. The van der Waals surface area contributed by atoms with Crippen LogP contribution in [-0.2, 0) is 24.6 Å². The number of halogens is 3. The number of carboxylic acid groups (broad SMARTS) is 1. The quantitative estimate of drug-likeness (QED) is 0.122. The molecule has 1 atom stereocenters. The topological polar surface area (TPSA) is 71.5 Å². The van der Waals surface area contributed by atoms with Gasteiger partial charge in [-0.15, -0.1) is 0 Å². The lowest BCUT2D eigenvalue weighted by atomic mass is 9.93. The first-order valence-electron chi connectivity index (χ1n) is 18.2. The summed E-state index contributed by atoms with van der Waals surface area (Å²) in [6, 6.07) is 18.3. The summed E-state index contributed by atoms with van der Waals surface area (Å²) in [5.74, 6) is -0.599. The van der Waals surface area contributed by atoms with Crippen LogP contribution in [-0.4, -0.2) is 59.7 Å². The second kappa shape index (κ2) is 17.6. The molecular weight excluding hydrogens is 686 g/mol. The standard InChI is InChI=1S/C42H47ClF2N2O5/c1-28-31(10-7-11-35(28)36-12-8-14-39(29(36)2)50-19-9-17-46-15-5-6-16-46)27-52-41-24-40(51-26-30-20-33(44)23-34(45)21-30)32(22-37(41)43)25-47-18-4-3-13-38(47)42(48)49/h7-8,10-12,14,20-24,38H,3-6,9,13,15-19,25-27H2,1-2H3,(H,48,49). The third kappa shape index (κ3) is 9.43. The molecule has 2 heterocycles. The smallest absolute Gasteiger partial charge is 0.320 e. The van der Waals surface area contributed by atoms with E-state index in [2.05, 4.69) is 30.9 Å². The van der Waals surface area contributed by atoms with Crippen molar-refractivity contribution in [1.82, 2.24) is 9.80 Å². The van der Waals surface area contributed by atoms with Gasteiger partial charge in [-0.2, -0.15) is 0 Å². The summed E-state index contributed by atoms with van der Waals surface area (Å²) in [5, 5.41) is 10.2. The molecule has 4 aromatic rings. The van der Waals surface area contributed by atoms with Crippen LogP contribution in [0.2, 0.25) is 5.02 Å². The molecule has 2 fully saturated rings. The Hall–Kier alpha value is -4.18. The van der Waals surface area contributed by atoms with Gasteiger partial charge < -0.3 is 24.2 Å². The SMILES string of the molecule is Cc1c(COc2cc(OCc3cc(F)cc(F)c3)c(CN3CCCCC3C(=O)O)cc2Cl)cccc1-c1cccc(OCCCN2CCCC2)c1C. The molecule has 0 radical (unpaired) electrons. The second-order valence-corrected chi connectivity index (χ2v) is 14.2. The summed E-state index contributed by atoms with van der Waals surface area (Å²) in [6.07, 6.45) is 5.85. The highest BCUT2D eigenvalue weighted by Crippen LogP contribution is 2.37. The average molecular weight is 733 g/mol. The van der Waals surface area contributed by atoms with Crippen LogP contribution in [0.1, 0.15) is 66.3 Å². The molecule has 2 aliphatic rings. The zero-order valence-electron chi connectivity index (χ0n) is 29.9. The number of piperidine rings is 1. The molecule has 52 heavy (non-hydrogen) atoms. The zero-order valence-corrected chi connectivity index (χ0v) is 30.7. The lowest BCUT2D eigenvalue weighted by Gasteiger charge is -2.33. The van der Waals surface area contributed by atoms with Gasteiger partial charge in [-0.1, -0.05) is 48.4 Å². The molecule has 1 unspecified atom stereocenters. The minimum atomic E-state index is -0.872. The van der Waals surface area contributed by atoms with E-state index in [4.69, 9.17) is 25.8 Å². The first-order valence-corrected chi connectivity index (χ1v) is 18.6. The average Bonchev–Trinajstić information content (AvgIpc) is 3.64. The molecule has 4 aromatic carbocycles. The largest absolute Gasteiger partial charge is 0.493 e. The molecule has 276 valence electrons. The number of carboxylic acids is 1. The molecule has 1 N–H and O–H groups in total. The molecule has 6 rings (SSSR count). The van der Waals surface area contributed by atoms with Crippen LogP contribution in [0, 0.1) is 25.5 Å². The van der Waals surface area contributed by atoms with Crippen molar-refractivity contribution in [1.29, 1.82) is 0 Å². The fourth-order valence-electron chi connectivity index (χ4n) is 7.30. The van der Waals surface area contributed by atoms with E-state index < -0.39 is 23.6 Å². The molecule has 10 heteroatoms. The Morgan fingerprint density at radius 2 is 1.48 bits per heavy atom. The van der Waals surface area contributed by atoms with Gasteiger partial charge in [-0.05, 0) is 123 Å². The van der Waals surface area contributed by atoms with E-state index in [1.54, 1.807) is 12.1 Å². The summed E-state index contributed by atoms with van der Waals surface area (Å²) < 4.78 is 46.6. The Morgan fingerprint density at radius 3 is 2.23 bits per heavy atom. The predicted molar refractivity (Wildman–Crippen MR) is 199 cm³/mol. The first-order chi connectivity index (χ1) is 25.2. The molecule has 2 aliphatic heterocycles. The number of rotatable bonds is 15. The van der Waals surface area contributed by atoms with Gasteiger partial charge in [0.2, 0.25) is 0 Å². The number of benzene rings is 4. The lowest BCUT2D eigenvalue weighted by molar-refractivity contribution is -0.144. The van der Waals surface area contributed by atoms with Crippen molar-refractivity contribution in [2.24, 2.45) is 0 Å². The van der Waals surface area contributed by atoms with E-state index in [0.717, 1.165) is 65.4 Å². The lowest BCUT2D eigenvalue weighted by Crippen LogP contribution is -2.44. The number of carbonyl (C=O) groups is 1. The number of ether oxygens (including phenoxy) is 3. The molecule has 0 amide bonds. The summed E-state index contributed by atoms with van der Waals surface area (Å²) in [6.45, 7) is 9.31. The van der Waals surface area contributed by atoms with Crippen molar-refractivity contribution in [3.8, 4) is 28.4 Å². The highest BCUT2D eigenvalue weighted by Gasteiger charge is 2.29. The fourth-order valence-corrected chi connectivity index (χ4v) is 7.55. The number of aliphatic carboxylic acids is 1. The van der Waals surface area contributed by atoms with E-state index in [9.17, 15) is 18.7 Å². The van der Waals surface area contributed by atoms with Crippen LogP contribution in [0.4, 0.5) is 8.78 Å². The molecular formula is C42H47ClF2N2O5. The second-order valence-electron chi connectivity index (χ2n) is 13.8. The Bertz CT molecular complexity index is 1840. The summed E-state index contributed by atoms with van der Waals surface area (Å²) in [5.41, 5.74) is 6.30. The van der Waals surface area contributed by atoms with E-state index >= 15 is 0 Å². The van der Waals surface area contributed by atoms with Crippen molar-refractivity contribution in [2.75, 3.05) is 32.8 Å². The van der Waals surface area contributed by atoms with Gasteiger partial charge in [-0.25, -0.2) is 8.78 Å². The maximum absolute atomic E-state index is 14.0. The van der Waals surface area contributed by atoms with Crippen LogP contribution in [0.5, 0.6) is 17.2 Å². The molecule has 2 saturated heterocycles. The van der Waals surface area contributed by atoms with E-state index in [-0.39, 0.29) is 19.8 Å². The van der Waals surface area contributed by atoms with Gasteiger partial charge in [0.15, 0.2) is 0 Å². The Kier molecular flexibility index (Phi) is 12.7. The Balaban J connectivity index is 1.19. The third-order valence-corrected chi connectivity index (χ3v) is 10.5. The predicted octanol–water partition coefficient (Wildman–Crippen LogP) is 9.36. The molecule has 7 nitrogen and oxygen atoms in total. The van der Waals surface area contributed by atoms with Crippen LogP contribution in [0.25, 0.3) is 11.1 Å².